The second kappa shape index (κ2) is 19.9. The van der Waals surface area contributed by atoms with E-state index in [0.717, 1.165) is 32.1 Å². The standard InChI is InChI=1S/C32H51N7O9S/c1-6-20(5)26(39-29(42)23(15-19(3)4)37-30(43)25-17-33-13-14-34-25)31(44)38-24(16-21-11-9-8-10-12-21)28(41)36-22(7-2)27(40)32(45)35-18-49(46,47)48/h13-14,17,19-24,26H,6-12,15-16,18H2,1-5H3,(H,35,45)(H,36,41)(H,37,43)(H,38,44)(H,39,42)(H,46,47,48)/t20-,22-,23-,24-,26?/m0/s1. The predicted molar refractivity (Wildman–Crippen MR) is 179 cm³/mol. The first-order chi connectivity index (χ1) is 23.1. The fourth-order valence-corrected chi connectivity index (χ4v) is 5.90. The van der Waals surface area contributed by atoms with Crippen molar-refractivity contribution in [2.75, 3.05) is 5.88 Å². The maximum atomic E-state index is 13.9. The first-order valence-corrected chi connectivity index (χ1v) is 18.4. The van der Waals surface area contributed by atoms with E-state index in [0.29, 0.717) is 6.42 Å². The molecule has 49 heavy (non-hydrogen) atoms. The molecule has 2 rings (SSSR count). The Labute approximate surface area is 287 Å². The molecule has 16 nitrogen and oxygen atoms in total. The summed E-state index contributed by atoms with van der Waals surface area (Å²) in [5, 5.41) is 12.6. The number of hydrogen-bond acceptors (Lipinski definition) is 10. The van der Waals surface area contributed by atoms with Crippen LogP contribution in [-0.2, 0) is 34.1 Å². The Morgan fingerprint density at radius 1 is 0.837 bits per heavy atom. The fourth-order valence-electron chi connectivity index (χ4n) is 5.58. The molecule has 1 aromatic rings. The molecule has 0 bridgehead atoms. The zero-order valence-corrected chi connectivity index (χ0v) is 29.7. The normalized spacial score (nSPS) is 16.7. The molecule has 6 N–H and O–H groups in total. The van der Waals surface area contributed by atoms with Gasteiger partial charge in [-0.25, -0.2) is 4.98 Å². The number of Topliss-reactive ketones (excluding diaryl/α,β-unsaturated/α-hetero) is 1. The van der Waals surface area contributed by atoms with Crippen molar-refractivity contribution < 1.29 is 41.7 Å². The number of ketones is 1. The van der Waals surface area contributed by atoms with Crippen molar-refractivity contribution in [3.63, 3.8) is 0 Å². The van der Waals surface area contributed by atoms with Crippen LogP contribution in [0.2, 0.25) is 0 Å². The van der Waals surface area contributed by atoms with Crippen molar-refractivity contribution in [2.24, 2.45) is 17.8 Å². The molecule has 1 unspecified atom stereocenters. The van der Waals surface area contributed by atoms with Gasteiger partial charge in [0.15, 0.2) is 0 Å². The van der Waals surface area contributed by atoms with Crippen LogP contribution in [-0.4, -0.2) is 88.3 Å². The van der Waals surface area contributed by atoms with E-state index in [-0.39, 0.29) is 42.7 Å². The van der Waals surface area contributed by atoms with Crippen molar-refractivity contribution in [1.82, 2.24) is 36.6 Å². The summed E-state index contributed by atoms with van der Waals surface area (Å²) in [5.41, 5.74) is 0.0246. The van der Waals surface area contributed by atoms with Gasteiger partial charge in [0.25, 0.3) is 21.9 Å². The number of hydrogen-bond donors (Lipinski definition) is 6. The molecule has 1 fully saturated rings. The van der Waals surface area contributed by atoms with Crippen molar-refractivity contribution in [1.29, 1.82) is 0 Å². The molecule has 5 atom stereocenters. The Morgan fingerprint density at radius 2 is 1.47 bits per heavy atom. The molecule has 1 heterocycles. The molecule has 17 heteroatoms. The van der Waals surface area contributed by atoms with Crippen molar-refractivity contribution in [2.45, 2.75) is 117 Å². The minimum atomic E-state index is -4.58. The van der Waals surface area contributed by atoms with Crippen molar-refractivity contribution >= 4 is 45.4 Å². The molecule has 0 spiro atoms. The SMILES string of the molecule is CC[C@H](NC(=O)[C@H](CC1CCCCC1)NC(=O)C(NC(=O)[C@H](CC(C)C)NC(=O)c1cnccn1)[C@@H](C)CC)C(=O)C(=O)NCS(=O)(=O)O. The van der Waals surface area contributed by atoms with E-state index in [2.05, 4.69) is 31.2 Å². The van der Waals surface area contributed by atoms with Gasteiger partial charge in [0.05, 0.1) is 12.2 Å². The molecule has 1 aromatic heterocycles. The lowest BCUT2D eigenvalue weighted by atomic mass is 9.84. The zero-order chi connectivity index (χ0) is 36.7. The minimum Gasteiger partial charge on any atom is -0.344 e. The molecule has 0 radical (unpaired) electrons. The monoisotopic (exact) mass is 709 g/mol. The van der Waals surface area contributed by atoms with Gasteiger partial charge in [-0.05, 0) is 37.0 Å². The lowest BCUT2D eigenvalue weighted by Crippen LogP contribution is -2.60. The van der Waals surface area contributed by atoms with Crippen LogP contribution in [0.4, 0.5) is 0 Å². The van der Waals surface area contributed by atoms with Gasteiger partial charge in [-0.3, -0.25) is 38.3 Å². The summed E-state index contributed by atoms with van der Waals surface area (Å²) in [7, 11) is -4.58. The smallest absolute Gasteiger partial charge is 0.290 e. The lowest BCUT2D eigenvalue weighted by Gasteiger charge is -2.31. The quantitative estimate of drug-likeness (QED) is 0.0875. The molecular weight excluding hydrogens is 658 g/mol. The summed E-state index contributed by atoms with van der Waals surface area (Å²) in [6.07, 6.45) is 9.67. The molecule has 274 valence electrons. The summed E-state index contributed by atoms with van der Waals surface area (Å²) in [6, 6.07) is -4.54. The van der Waals surface area contributed by atoms with E-state index < -0.39 is 75.5 Å². The van der Waals surface area contributed by atoms with E-state index in [1.807, 2.05) is 26.1 Å². The van der Waals surface area contributed by atoms with Crippen molar-refractivity contribution in [3.8, 4) is 0 Å². The Hall–Kier alpha value is -3.99. The van der Waals surface area contributed by atoms with E-state index in [9.17, 15) is 37.2 Å². The van der Waals surface area contributed by atoms with Gasteiger partial charge >= 0.3 is 0 Å². The maximum Gasteiger partial charge on any atom is 0.290 e. The van der Waals surface area contributed by atoms with Crippen LogP contribution in [0.3, 0.4) is 0 Å². The first kappa shape index (κ1) is 41.2. The largest absolute Gasteiger partial charge is 0.344 e. The predicted octanol–water partition coefficient (Wildman–Crippen LogP) is 1.03. The number of amides is 5. The summed E-state index contributed by atoms with van der Waals surface area (Å²) in [4.78, 5) is 86.9. The highest BCUT2D eigenvalue weighted by molar-refractivity contribution is 7.85. The number of aromatic nitrogens is 2. The van der Waals surface area contributed by atoms with Gasteiger partial charge in [-0.2, -0.15) is 8.42 Å². The molecule has 0 aliphatic heterocycles. The number of rotatable bonds is 19. The zero-order valence-electron chi connectivity index (χ0n) is 28.9. The molecule has 5 amide bonds. The van der Waals surface area contributed by atoms with E-state index in [1.165, 1.54) is 18.6 Å². The van der Waals surface area contributed by atoms with Gasteiger partial charge in [0, 0.05) is 12.4 Å². The third-order valence-electron chi connectivity index (χ3n) is 8.52. The number of carbonyl (C=O) groups excluding carboxylic acids is 6. The topological polar surface area (TPSA) is 243 Å². The highest BCUT2D eigenvalue weighted by Crippen LogP contribution is 2.27. The highest BCUT2D eigenvalue weighted by atomic mass is 32.2. The van der Waals surface area contributed by atoms with Gasteiger partial charge in [0.1, 0.15) is 29.7 Å². The second-order valence-electron chi connectivity index (χ2n) is 13.0. The van der Waals surface area contributed by atoms with Crippen LogP contribution >= 0.6 is 0 Å². The Balaban J connectivity index is 2.27. The molecular formula is C32H51N7O9S. The third-order valence-corrected chi connectivity index (χ3v) is 9.03. The average Bonchev–Trinajstić information content (AvgIpc) is 3.07. The summed E-state index contributed by atoms with van der Waals surface area (Å²) >= 11 is 0. The summed E-state index contributed by atoms with van der Waals surface area (Å²) in [6.45, 7) is 8.92. The van der Waals surface area contributed by atoms with Gasteiger partial charge in [-0.1, -0.05) is 73.1 Å². The Bertz CT molecular complexity index is 1400. The molecule has 0 saturated heterocycles. The highest BCUT2D eigenvalue weighted by Gasteiger charge is 2.35. The van der Waals surface area contributed by atoms with Crippen molar-refractivity contribution in [3.05, 3.63) is 24.3 Å². The van der Waals surface area contributed by atoms with Gasteiger partial charge in [-0.15, -0.1) is 0 Å². The summed E-state index contributed by atoms with van der Waals surface area (Å²) < 4.78 is 30.9. The Morgan fingerprint density at radius 3 is 2.02 bits per heavy atom. The second-order valence-corrected chi connectivity index (χ2v) is 14.4. The number of nitrogens with zero attached hydrogens (tertiary/aromatic N) is 2. The van der Waals surface area contributed by atoms with Gasteiger partial charge in [0.2, 0.25) is 23.5 Å². The number of carbonyl (C=O) groups is 6. The van der Waals surface area contributed by atoms with Crippen LogP contribution in [0, 0.1) is 17.8 Å². The van der Waals surface area contributed by atoms with Crippen LogP contribution in [0.5, 0.6) is 0 Å². The minimum absolute atomic E-state index is 0.00157. The first-order valence-electron chi connectivity index (χ1n) is 16.8. The molecule has 0 aromatic carbocycles. The molecule has 1 aliphatic rings. The molecule has 1 aliphatic carbocycles. The summed E-state index contributed by atoms with van der Waals surface area (Å²) in [5.74, 6) is -6.42. The van der Waals surface area contributed by atoms with E-state index in [4.69, 9.17) is 4.55 Å². The van der Waals surface area contributed by atoms with Crippen LogP contribution in [0.25, 0.3) is 0 Å². The average molecular weight is 710 g/mol. The number of nitrogens with one attached hydrogen (secondary N) is 5. The van der Waals surface area contributed by atoms with Crippen LogP contribution in [0.1, 0.15) is 103 Å². The Kier molecular flexibility index (Phi) is 16.7. The third kappa shape index (κ3) is 14.2. The van der Waals surface area contributed by atoms with Gasteiger partial charge < -0.3 is 26.6 Å². The fraction of sp³-hybridized carbons (Fsp3) is 0.688. The van der Waals surface area contributed by atoms with Crippen LogP contribution < -0.4 is 26.6 Å². The maximum absolute atomic E-state index is 13.9. The van der Waals surface area contributed by atoms with E-state index in [1.54, 1.807) is 13.8 Å². The lowest BCUT2D eigenvalue weighted by molar-refractivity contribution is -0.140. The molecule has 1 saturated carbocycles. The van der Waals surface area contributed by atoms with E-state index >= 15 is 0 Å². The van der Waals surface area contributed by atoms with Crippen LogP contribution in [0.15, 0.2) is 18.6 Å².